The molecule has 0 atom stereocenters. The van der Waals surface area contributed by atoms with Crippen LogP contribution in [0.15, 0.2) is 53.4 Å². The van der Waals surface area contributed by atoms with Gasteiger partial charge in [-0.2, -0.15) is 0 Å². The fourth-order valence-electron chi connectivity index (χ4n) is 2.03. The summed E-state index contributed by atoms with van der Waals surface area (Å²) >= 11 is 0. The smallest absolute Gasteiger partial charge is 0.264 e. The van der Waals surface area contributed by atoms with Gasteiger partial charge in [-0.15, -0.1) is 0 Å². The molecule has 5 nitrogen and oxygen atoms in total. The number of carbonyl (C=O) groups is 2. The summed E-state index contributed by atoms with van der Waals surface area (Å²) in [5.74, 6) is -0.587. The van der Waals surface area contributed by atoms with E-state index in [2.05, 4.69) is 0 Å². The molecule has 23 heavy (non-hydrogen) atoms. The van der Waals surface area contributed by atoms with Crippen molar-refractivity contribution in [3.8, 4) is 11.1 Å². The van der Waals surface area contributed by atoms with Crippen LogP contribution in [0.3, 0.4) is 0 Å². The first-order valence-corrected chi connectivity index (χ1v) is 8.59. The molecule has 0 saturated heterocycles. The molecule has 0 fully saturated rings. The molecule has 0 radical (unpaired) electrons. The van der Waals surface area contributed by atoms with E-state index in [1.165, 1.54) is 19.1 Å². The molecule has 2 aromatic carbocycles. The lowest BCUT2D eigenvalue weighted by molar-refractivity contribution is -0.119. The molecule has 2 aromatic rings. The van der Waals surface area contributed by atoms with Crippen LogP contribution in [0.5, 0.6) is 0 Å². The second-order valence-corrected chi connectivity index (χ2v) is 6.73. The molecule has 0 aromatic heterocycles. The SMILES string of the molecule is CCC(=O)NS(=O)(=O)c1ccc(-c2cccc(C(C)=O)c2)cc1. The minimum atomic E-state index is -3.85. The summed E-state index contributed by atoms with van der Waals surface area (Å²) in [5.41, 5.74) is 2.20. The number of benzene rings is 2. The molecule has 0 saturated carbocycles. The zero-order valence-electron chi connectivity index (χ0n) is 12.9. The van der Waals surface area contributed by atoms with Crippen LogP contribution in [-0.4, -0.2) is 20.1 Å². The molecule has 0 spiro atoms. The summed E-state index contributed by atoms with van der Waals surface area (Å²) in [7, 11) is -3.85. The largest absolute Gasteiger partial charge is 0.295 e. The van der Waals surface area contributed by atoms with Gasteiger partial charge in [0.2, 0.25) is 5.91 Å². The van der Waals surface area contributed by atoms with Crippen LogP contribution in [0.2, 0.25) is 0 Å². The normalized spacial score (nSPS) is 11.0. The summed E-state index contributed by atoms with van der Waals surface area (Å²) in [6, 6.07) is 13.2. The highest BCUT2D eigenvalue weighted by atomic mass is 32.2. The number of carbonyl (C=O) groups excluding carboxylic acids is 2. The molecule has 0 heterocycles. The topological polar surface area (TPSA) is 80.3 Å². The lowest BCUT2D eigenvalue weighted by atomic mass is 10.0. The Balaban J connectivity index is 2.31. The number of hydrogen-bond donors (Lipinski definition) is 1. The van der Waals surface area contributed by atoms with Crippen molar-refractivity contribution in [2.24, 2.45) is 0 Å². The van der Waals surface area contributed by atoms with E-state index in [1.807, 2.05) is 10.8 Å². The summed E-state index contributed by atoms with van der Waals surface area (Å²) in [6.45, 7) is 3.07. The molecule has 2 rings (SSSR count). The average molecular weight is 331 g/mol. The Bertz CT molecular complexity index is 839. The minimum Gasteiger partial charge on any atom is -0.295 e. The summed E-state index contributed by atoms with van der Waals surface area (Å²) < 4.78 is 26.0. The standard InChI is InChI=1S/C17H17NO4S/c1-3-17(20)18-23(21,22)16-9-7-13(8-10-16)15-6-4-5-14(11-15)12(2)19/h4-11H,3H2,1-2H3,(H,18,20). The molecule has 0 unspecified atom stereocenters. The van der Waals surface area contributed by atoms with E-state index in [-0.39, 0.29) is 17.1 Å². The van der Waals surface area contributed by atoms with Crippen LogP contribution in [0.25, 0.3) is 11.1 Å². The second kappa shape index (κ2) is 6.75. The predicted octanol–water partition coefficient (Wildman–Crippen LogP) is 2.77. The van der Waals surface area contributed by atoms with Crippen LogP contribution in [0.4, 0.5) is 0 Å². The Kier molecular flexibility index (Phi) is 4.95. The Morgan fingerprint density at radius 3 is 2.22 bits per heavy atom. The maximum atomic E-state index is 12.0. The van der Waals surface area contributed by atoms with E-state index in [9.17, 15) is 18.0 Å². The van der Waals surface area contributed by atoms with E-state index < -0.39 is 15.9 Å². The van der Waals surface area contributed by atoms with Crippen LogP contribution in [-0.2, 0) is 14.8 Å². The van der Waals surface area contributed by atoms with Crippen LogP contribution < -0.4 is 4.72 Å². The highest BCUT2D eigenvalue weighted by Gasteiger charge is 2.16. The van der Waals surface area contributed by atoms with E-state index >= 15 is 0 Å². The number of nitrogens with one attached hydrogen (secondary N) is 1. The fourth-order valence-corrected chi connectivity index (χ4v) is 3.08. The first-order valence-electron chi connectivity index (χ1n) is 7.10. The monoisotopic (exact) mass is 331 g/mol. The number of Topliss-reactive ketones (excluding diaryl/α,β-unsaturated/α-hetero) is 1. The zero-order valence-corrected chi connectivity index (χ0v) is 13.7. The van der Waals surface area contributed by atoms with Gasteiger partial charge in [-0.1, -0.05) is 37.3 Å². The van der Waals surface area contributed by atoms with E-state index in [0.29, 0.717) is 5.56 Å². The maximum Gasteiger partial charge on any atom is 0.264 e. The predicted molar refractivity (Wildman–Crippen MR) is 87.5 cm³/mol. The van der Waals surface area contributed by atoms with Gasteiger partial charge in [0.05, 0.1) is 4.90 Å². The quantitative estimate of drug-likeness (QED) is 0.854. The Morgan fingerprint density at radius 1 is 1.00 bits per heavy atom. The van der Waals surface area contributed by atoms with E-state index in [1.54, 1.807) is 37.3 Å². The summed E-state index contributed by atoms with van der Waals surface area (Å²) in [5, 5.41) is 0. The van der Waals surface area contributed by atoms with Gasteiger partial charge in [-0.25, -0.2) is 13.1 Å². The summed E-state index contributed by atoms with van der Waals surface area (Å²) in [4.78, 5) is 22.7. The van der Waals surface area contributed by atoms with Crippen LogP contribution in [0, 0.1) is 0 Å². The van der Waals surface area contributed by atoms with Gasteiger partial charge in [0.15, 0.2) is 5.78 Å². The van der Waals surface area contributed by atoms with Crippen molar-refractivity contribution in [3.63, 3.8) is 0 Å². The number of ketones is 1. The highest BCUT2D eigenvalue weighted by Crippen LogP contribution is 2.22. The van der Waals surface area contributed by atoms with Gasteiger partial charge < -0.3 is 0 Å². The lowest BCUT2D eigenvalue weighted by Crippen LogP contribution is -2.29. The third-order valence-corrected chi connectivity index (χ3v) is 4.73. The van der Waals surface area contributed by atoms with E-state index in [4.69, 9.17) is 0 Å². The van der Waals surface area contributed by atoms with Crippen molar-refractivity contribution in [1.29, 1.82) is 0 Å². The summed E-state index contributed by atoms with van der Waals surface area (Å²) in [6.07, 6.45) is 0.0924. The lowest BCUT2D eigenvalue weighted by Gasteiger charge is -2.08. The van der Waals surface area contributed by atoms with Gasteiger partial charge in [-0.05, 0) is 36.2 Å². The van der Waals surface area contributed by atoms with Gasteiger partial charge in [-0.3, -0.25) is 9.59 Å². The molecule has 120 valence electrons. The van der Waals surface area contributed by atoms with Crippen molar-refractivity contribution >= 4 is 21.7 Å². The number of hydrogen-bond acceptors (Lipinski definition) is 4. The number of sulfonamides is 1. The van der Waals surface area contributed by atoms with Gasteiger partial charge in [0.25, 0.3) is 10.0 Å². The first-order chi connectivity index (χ1) is 10.8. The number of amides is 1. The molecule has 1 N–H and O–H groups in total. The third-order valence-electron chi connectivity index (χ3n) is 3.34. The molecular weight excluding hydrogens is 314 g/mol. The highest BCUT2D eigenvalue weighted by molar-refractivity contribution is 7.90. The van der Waals surface area contributed by atoms with E-state index in [0.717, 1.165) is 11.1 Å². The Morgan fingerprint density at radius 2 is 1.65 bits per heavy atom. The van der Waals surface area contributed by atoms with Crippen LogP contribution >= 0.6 is 0 Å². The molecular formula is C17H17NO4S. The van der Waals surface area contributed by atoms with Crippen molar-refractivity contribution < 1.29 is 18.0 Å². The van der Waals surface area contributed by atoms with Gasteiger partial charge in [0.1, 0.15) is 0 Å². The van der Waals surface area contributed by atoms with Crippen molar-refractivity contribution in [2.75, 3.05) is 0 Å². The zero-order chi connectivity index (χ0) is 17.0. The molecule has 1 amide bonds. The minimum absolute atomic E-state index is 0.0192. The van der Waals surface area contributed by atoms with Crippen molar-refractivity contribution in [2.45, 2.75) is 25.2 Å². The van der Waals surface area contributed by atoms with Crippen LogP contribution in [0.1, 0.15) is 30.6 Å². The van der Waals surface area contributed by atoms with Crippen molar-refractivity contribution in [3.05, 3.63) is 54.1 Å². The molecule has 6 heteroatoms. The van der Waals surface area contributed by atoms with Gasteiger partial charge >= 0.3 is 0 Å². The second-order valence-electron chi connectivity index (χ2n) is 5.04. The van der Waals surface area contributed by atoms with Crippen molar-refractivity contribution in [1.82, 2.24) is 4.72 Å². The maximum absolute atomic E-state index is 12.0. The average Bonchev–Trinajstić information content (AvgIpc) is 2.54. The third kappa shape index (κ3) is 4.04. The Hall–Kier alpha value is -2.47. The number of rotatable bonds is 5. The first kappa shape index (κ1) is 16.9. The van der Waals surface area contributed by atoms with Gasteiger partial charge in [0, 0.05) is 12.0 Å². The Labute approximate surface area is 135 Å². The fraction of sp³-hybridized carbons (Fsp3) is 0.176. The molecule has 0 aliphatic rings. The molecule has 0 bridgehead atoms. The molecule has 0 aliphatic carbocycles. The molecule has 0 aliphatic heterocycles.